The first-order chi connectivity index (χ1) is 10.3. The van der Waals surface area contributed by atoms with Gasteiger partial charge in [-0.2, -0.15) is 0 Å². The van der Waals surface area contributed by atoms with Crippen molar-refractivity contribution in [3.63, 3.8) is 0 Å². The fraction of sp³-hybridized carbons (Fsp3) is 0.294. The largest absolute Gasteiger partial charge is 0.508 e. The summed E-state index contributed by atoms with van der Waals surface area (Å²) >= 11 is 0. The Morgan fingerprint density at radius 3 is 2.90 bits per heavy atom. The Kier molecular flexibility index (Phi) is 2.88. The summed E-state index contributed by atoms with van der Waals surface area (Å²) in [6.07, 6.45) is 0.985. The van der Waals surface area contributed by atoms with E-state index in [1.165, 1.54) is 0 Å². The third-order valence-electron chi connectivity index (χ3n) is 4.10. The fourth-order valence-electron chi connectivity index (χ4n) is 3.12. The van der Waals surface area contributed by atoms with Gasteiger partial charge in [-0.05, 0) is 30.7 Å². The lowest BCUT2D eigenvalue weighted by Gasteiger charge is -2.29. The van der Waals surface area contributed by atoms with Crippen molar-refractivity contribution >= 4 is 5.69 Å². The number of nitrogens with zero attached hydrogens (tertiary/aromatic N) is 1. The fourth-order valence-corrected chi connectivity index (χ4v) is 3.12. The summed E-state index contributed by atoms with van der Waals surface area (Å²) in [4.78, 5) is 2.35. The molecule has 1 N–H and O–H groups in total. The summed E-state index contributed by atoms with van der Waals surface area (Å²) < 4.78 is 11.6. The van der Waals surface area contributed by atoms with Crippen LogP contribution in [0.15, 0.2) is 42.5 Å². The minimum atomic E-state index is 0.170. The minimum absolute atomic E-state index is 0.170. The number of hydrogen-bond donors (Lipinski definition) is 1. The second kappa shape index (κ2) is 4.88. The molecule has 21 heavy (non-hydrogen) atoms. The van der Waals surface area contributed by atoms with Gasteiger partial charge < -0.3 is 19.5 Å². The Labute approximate surface area is 123 Å². The third-order valence-corrected chi connectivity index (χ3v) is 4.10. The molecular formula is C17H17NO3. The van der Waals surface area contributed by atoms with E-state index in [2.05, 4.69) is 11.0 Å². The number of benzene rings is 2. The molecule has 2 aliphatic heterocycles. The summed E-state index contributed by atoms with van der Waals surface area (Å²) in [5.41, 5.74) is 2.24. The van der Waals surface area contributed by atoms with Gasteiger partial charge in [-0.3, -0.25) is 0 Å². The molecular weight excluding hydrogens is 266 g/mol. The standard InChI is InChI=1S/C17H17NO3/c19-12-6-7-13-15(11-21-17(13)10-12)18-8-3-9-20-16-5-2-1-4-14(16)18/h1-2,4-7,10,15,19H,3,8-9,11H2. The van der Waals surface area contributed by atoms with Gasteiger partial charge in [-0.15, -0.1) is 0 Å². The van der Waals surface area contributed by atoms with Crippen LogP contribution in [0.1, 0.15) is 18.0 Å². The Bertz CT molecular complexity index is 671. The highest BCUT2D eigenvalue weighted by Crippen LogP contribution is 2.43. The molecule has 1 atom stereocenters. The molecule has 2 aromatic rings. The van der Waals surface area contributed by atoms with Crippen molar-refractivity contribution in [1.82, 2.24) is 0 Å². The molecule has 0 spiro atoms. The van der Waals surface area contributed by atoms with E-state index in [0.717, 1.165) is 42.3 Å². The van der Waals surface area contributed by atoms with Gasteiger partial charge in [0.1, 0.15) is 23.9 Å². The number of aromatic hydroxyl groups is 1. The van der Waals surface area contributed by atoms with Crippen molar-refractivity contribution in [3.8, 4) is 17.2 Å². The topological polar surface area (TPSA) is 41.9 Å². The van der Waals surface area contributed by atoms with E-state index in [9.17, 15) is 5.11 Å². The zero-order valence-corrected chi connectivity index (χ0v) is 11.7. The molecule has 0 bridgehead atoms. The molecule has 4 rings (SSSR count). The van der Waals surface area contributed by atoms with E-state index < -0.39 is 0 Å². The average molecular weight is 283 g/mol. The normalized spacial score (nSPS) is 20.0. The first-order valence-electron chi connectivity index (χ1n) is 7.27. The molecule has 4 heteroatoms. The van der Waals surface area contributed by atoms with E-state index >= 15 is 0 Å². The summed E-state index contributed by atoms with van der Waals surface area (Å²) in [7, 11) is 0. The number of phenols is 1. The predicted octanol–water partition coefficient (Wildman–Crippen LogP) is 3.11. The van der Waals surface area contributed by atoms with Crippen molar-refractivity contribution in [1.29, 1.82) is 0 Å². The second-order valence-corrected chi connectivity index (χ2v) is 5.41. The van der Waals surface area contributed by atoms with Crippen LogP contribution >= 0.6 is 0 Å². The maximum absolute atomic E-state index is 9.58. The molecule has 0 saturated heterocycles. The molecule has 2 aliphatic rings. The number of para-hydroxylation sites is 2. The zero-order chi connectivity index (χ0) is 14.2. The maximum atomic E-state index is 9.58. The molecule has 108 valence electrons. The highest BCUT2D eigenvalue weighted by Gasteiger charge is 2.32. The smallest absolute Gasteiger partial charge is 0.142 e. The van der Waals surface area contributed by atoms with Gasteiger partial charge in [0.05, 0.1) is 18.3 Å². The number of anilines is 1. The van der Waals surface area contributed by atoms with Crippen molar-refractivity contribution in [2.24, 2.45) is 0 Å². The molecule has 1 unspecified atom stereocenters. The van der Waals surface area contributed by atoms with Gasteiger partial charge in [0.2, 0.25) is 0 Å². The van der Waals surface area contributed by atoms with E-state index in [-0.39, 0.29) is 11.8 Å². The summed E-state index contributed by atoms with van der Waals surface area (Å²) in [6.45, 7) is 2.28. The Hall–Kier alpha value is -2.36. The first-order valence-corrected chi connectivity index (χ1v) is 7.27. The van der Waals surface area contributed by atoms with Gasteiger partial charge in [0, 0.05) is 18.2 Å². The van der Waals surface area contributed by atoms with Crippen molar-refractivity contribution in [3.05, 3.63) is 48.0 Å². The summed E-state index contributed by atoms with van der Waals surface area (Å²) in [5.74, 6) is 1.96. The SMILES string of the molecule is Oc1ccc2c(c1)OCC2N1CCCOc2ccccc21. The van der Waals surface area contributed by atoms with Crippen LogP contribution in [0.25, 0.3) is 0 Å². The second-order valence-electron chi connectivity index (χ2n) is 5.41. The molecule has 2 heterocycles. The number of ether oxygens (including phenoxy) is 2. The summed E-state index contributed by atoms with van der Waals surface area (Å²) in [5, 5.41) is 9.58. The van der Waals surface area contributed by atoms with Gasteiger partial charge in [-0.25, -0.2) is 0 Å². The quantitative estimate of drug-likeness (QED) is 0.873. The van der Waals surface area contributed by atoms with Crippen LogP contribution in [0.3, 0.4) is 0 Å². The lowest BCUT2D eigenvalue weighted by Crippen LogP contribution is -2.30. The third kappa shape index (κ3) is 2.07. The monoisotopic (exact) mass is 283 g/mol. The van der Waals surface area contributed by atoms with Gasteiger partial charge in [-0.1, -0.05) is 12.1 Å². The predicted molar refractivity (Wildman–Crippen MR) is 80.2 cm³/mol. The molecule has 0 amide bonds. The highest BCUT2D eigenvalue weighted by atomic mass is 16.5. The van der Waals surface area contributed by atoms with Crippen LogP contribution in [0.4, 0.5) is 5.69 Å². The number of hydrogen-bond acceptors (Lipinski definition) is 4. The molecule has 4 nitrogen and oxygen atoms in total. The lowest BCUT2D eigenvalue weighted by molar-refractivity contribution is 0.317. The average Bonchev–Trinajstić information content (AvgIpc) is 2.79. The van der Waals surface area contributed by atoms with E-state index in [4.69, 9.17) is 9.47 Å². The van der Waals surface area contributed by atoms with Crippen LogP contribution < -0.4 is 14.4 Å². The first kappa shape index (κ1) is 12.4. The lowest BCUT2D eigenvalue weighted by atomic mass is 10.1. The minimum Gasteiger partial charge on any atom is -0.508 e. The number of rotatable bonds is 1. The molecule has 0 aromatic heterocycles. The molecule has 2 aromatic carbocycles. The van der Waals surface area contributed by atoms with Crippen molar-refractivity contribution in [2.45, 2.75) is 12.5 Å². The number of fused-ring (bicyclic) bond motifs is 2. The van der Waals surface area contributed by atoms with Gasteiger partial charge in [0.25, 0.3) is 0 Å². The van der Waals surface area contributed by atoms with Crippen molar-refractivity contribution in [2.75, 3.05) is 24.7 Å². The van der Waals surface area contributed by atoms with Gasteiger partial charge in [0.15, 0.2) is 0 Å². The van der Waals surface area contributed by atoms with Crippen LogP contribution in [-0.2, 0) is 0 Å². The zero-order valence-electron chi connectivity index (χ0n) is 11.7. The Morgan fingerprint density at radius 1 is 1.05 bits per heavy atom. The number of phenolic OH excluding ortho intramolecular Hbond substituents is 1. The van der Waals surface area contributed by atoms with Gasteiger partial charge >= 0.3 is 0 Å². The molecule has 0 fully saturated rings. The maximum Gasteiger partial charge on any atom is 0.142 e. The molecule has 0 aliphatic carbocycles. The van der Waals surface area contributed by atoms with Crippen LogP contribution in [0.2, 0.25) is 0 Å². The van der Waals surface area contributed by atoms with Crippen LogP contribution in [0, 0.1) is 0 Å². The Balaban J connectivity index is 1.75. The van der Waals surface area contributed by atoms with Crippen molar-refractivity contribution < 1.29 is 14.6 Å². The summed E-state index contributed by atoms with van der Waals surface area (Å²) in [6, 6.07) is 13.7. The molecule has 0 radical (unpaired) electrons. The van der Waals surface area contributed by atoms with E-state index in [1.807, 2.05) is 24.3 Å². The van der Waals surface area contributed by atoms with Crippen LogP contribution in [0.5, 0.6) is 17.2 Å². The molecule has 0 saturated carbocycles. The van der Waals surface area contributed by atoms with E-state index in [0.29, 0.717) is 6.61 Å². The Morgan fingerprint density at radius 2 is 1.95 bits per heavy atom. The highest BCUT2D eigenvalue weighted by molar-refractivity contribution is 5.62. The van der Waals surface area contributed by atoms with Crippen LogP contribution in [-0.4, -0.2) is 24.9 Å². The van der Waals surface area contributed by atoms with E-state index in [1.54, 1.807) is 12.1 Å².